The fourth-order valence-electron chi connectivity index (χ4n) is 1.87. The number of aromatic nitrogens is 2. The number of amides is 1. The minimum Gasteiger partial charge on any atom is -0.319 e. The molecule has 1 amide bonds. The Bertz CT molecular complexity index is 553. The highest BCUT2D eigenvalue weighted by molar-refractivity contribution is 6.04. The summed E-state index contributed by atoms with van der Waals surface area (Å²) in [6, 6.07) is 5.46. The van der Waals surface area contributed by atoms with E-state index < -0.39 is 0 Å². The lowest BCUT2D eigenvalue weighted by Gasteiger charge is -2.07. The maximum atomic E-state index is 12.8. The second kappa shape index (κ2) is 5.65. The molecular weight excluding hydrogens is 245 g/mol. The van der Waals surface area contributed by atoms with Gasteiger partial charge in [-0.3, -0.25) is 9.89 Å². The van der Waals surface area contributed by atoms with Crippen LogP contribution in [0.15, 0.2) is 24.3 Å². The number of carbonyl (C=O) groups excluding carboxylic acids is 1. The van der Waals surface area contributed by atoms with Crippen molar-refractivity contribution in [2.24, 2.45) is 0 Å². The Balaban J connectivity index is 2.23. The summed E-state index contributed by atoms with van der Waals surface area (Å²) in [6.07, 6.45) is 1.49. The summed E-state index contributed by atoms with van der Waals surface area (Å²) in [6.45, 7) is 3.96. The molecule has 0 bridgehead atoms. The minimum absolute atomic E-state index is 0.259. The first kappa shape index (κ1) is 13.3. The number of rotatable bonds is 4. The maximum Gasteiger partial charge on any atom is 0.255 e. The second-order valence-corrected chi connectivity index (χ2v) is 4.19. The quantitative estimate of drug-likeness (QED) is 0.889. The molecule has 100 valence electrons. The third-order valence-corrected chi connectivity index (χ3v) is 2.95. The van der Waals surface area contributed by atoms with E-state index in [9.17, 15) is 9.18 Å². The van der Waals surface area contributed by atoms with Gasteiger partial charge in [0.05, 0.1) is 17.1 Å². The van der Waals surface area contributed by atoms with Gasteiger partial charge in [0.15, 0.2) is 0 Å². The molecule has 5 heteroatoms. The predicted octanol–water partition coefficient (Wildman–Crippen LogP) is 2.93. The van der Waals surface area contributed by atoms with Crippen LogP contribution in [0.25, 0.3) is 0 Å². The average molecular weight is 261 g/mol. The van der Waals surface area contributed by atoms with Crippen molar-refractivity contribution in [1.82, 2.24) is 10.2 Å². The Morgan fingerprint density at radius 2 is 1.95 bits per heavy atom. The highest BCUT2D eigenvalue weighted by Gasteiger charge is 2.14. The molecule has 0 atom stereocenters. The molecule has 0 saturated carbocycles. The Labute approximate surface area is 111 Å². The lowest BCUT2D eigenvalue weighted by molar-refractivity contribution is 0.102. The molecule has 1 aromatic carbocycles. The maximum absolute atomic E-state index is 12.8. The van der Waals surface area contributed by atoms with Gasteiger partial charge < -0.3 is 5.32 Å². The SMILES string of the molecule is CCc1n[nH]c(CC)c1NC(=O)c1ccc(F)cc1. The molecule has 2 aromatic rings. The molecule has 0 radical (unpaired) electrons. The van der Waals surface area contributed by atoms with Gasteiger partial charge in [-0.25, -0.2) is 4.39 Å². The summed E-state index contributed by atoms with van der Waals surface area (Å²) in [5, 5.41) is 9.92. The third-order valence-electron chi connectivity index (χ3n) is 2.95. The number of hydrogen-bond donors (Lipinski definition) is 2. The molecule has 0 spiro atoms. The van der Waals surface area contributed by atoms with Crippen LogP contribution in [0.3, 0.4) is 0 Å². The molecule has 4 nitrogen and oxygen atoms in total. The van der Waals surface area contributed by atoms with Crippen LogP contribution in [0.4, 0.5) is 10.1 Å². The number of aromatic amines is 1. The summed E-state index contributed by atoms with van der Waals surface area (Å²) in [4.78, 5) is 12.1. The molecule has 19 heavy (non-hydrogen) atoms. The average Bonchev–Trinajstić information content (AvgIpc) is 2.81. The topological polar surface area (TPSA) is 57.8 Å². The van der Waals surface area contributed by atoms with E-state index in [4.69, 9.17) is 0 Å². The Hall–Kier alpha value is -2.17. The van der Waals surface area contributed by atoms with Crippen molar-refractivity contribution >= 4 is 11.6 Å². The van der Waals surface area contributed by atoms with Crippen molar-refractivity contribution < 1.29 is 9.18 Å². The van der Waals surface area contributed by atoms with Crippen LogP contribution in [0.2, 0.25) is 0 Å². The molecule has 0 aliphatic heterocycles. The normalized spacial score (nSPS) is 10.5. The van der Waals surface area contributed by atoms with Gasteiger partial charge in [0, 0.05) is 5.56 Å². The van der Waals surface area contributed by atoms with E-state index in [1.54, 1.807) is 0 Å². The molecule has 0 aliphatic carbocycles. The summed E-state index contributed by atoms with van der Waals surface area (Å²) in [5.74, 6) is -0.617. The minimum atomic E-state index is -0.358. The van der Waals surface area contributed by atoms with Gasteiger partial charge in [0.25, 0.3) is 5.91 Å². The van der Waals surface area contributed by atoms with E-state index in [1.807, 2.05) is 13.8 Å². The molecule has 1 aromatic heterocycles. The molecule has 0 saturated heterocycles. The van der Waals surface area contributed by atoms with Gasteiger partial charge in [-0.15, -0.1) is 0 Å². The van der Waals surface area contributed by atoms with E-state index in [0.717, 1.165) is 29.9 Å². The molecule has 0 fully saturated rings. The monoisotopic (exact) mass is 261 g/mol. The highest BCUT2D eigenvalue weighted by atomic mass is 19.1. The van der Waals surface area contributed by atoms with E-state index >= 15 is 0 Å². The smallest absolute Gasteiger partial charge is 0.255 e. The number of aryl methyl sites for hydroxylation is 2. The van der Waals surface area contributed by atoms with E-state index in [2.05, 4.69) is 15.5 Å². The van der Waals surface area contributed by atoms with Crippen LogP contribution in [0.1, 0.15) is 35.6 Å². The van der Waals surface area contributed by atoms with Crippen LogP contribution in [0, 0.1) is 5.82 Å². The van der Waals surface area contributed by atoms with Gasteiger partial charge in [-0.2, -0.15) is 5.10 Å². The number of nitrogens with one attached hydrogen (secondary N) is 2. The number of benzene rings is 1. The van der Waals surface area contributed by atoms with Crippen LogP contribution < -0.4 is 5.32 Å². The number of carbonyl (C=O) groups is 1. The molecule has 2 rings (SSSR count). The fourth-order valence-corrected chi connectivity index (χ4v) is 1.87. The first-order valence-corrected chi connectivity index (χ1v) is 6.28. The summed E-state index contributed by atoms with van der Waals surface area (Å²) in [5.41, 5.74) is 2.88. The zero-order chi connectivity index (χ0) is 13.8. The lowest BCUT2D eigenvalue weighted by atomic mass is 10.1. The Kier molecular flexibility index (Phi) is 3.94. The number of halogens is 1. The van der Waals surface area contributed by atoms with Crippen LogP contribution in [-0.2, 0) is 12.8 Å². The van der Waals surface area contributed by atoms with E-state index in [1.165, 1.54) is 24.3 Å². The molecule has 1 heterocycles. The van der Waals surface area contributed by atoms with Crippen molar-refractivity contribution in [3.8, 4) is 0 Å². The Morgan fingerprint density at radius 3 is 2.53 bits per heavy atom. The first-order chi connectivity index (χ1) is 9.15. The standard InChI is InChI=1S/C14H16FN3O/c1-3-11-13(12(4-2)18-17-11)16-14(19)9-5-7-10(15)8-6-9/h5-8H,3-4H2,1-2H3,(H,16,19)(H,17,18). The first-order valence-electron chi connectivity index (χ1n) is 6.28. The van der Waals surface area contributed by atoms with Crippen molar-refractivity contribution in [1.29, 1.82) is 0 Å². The van der Waals surface area contributed by atoms with Crippen molar-refractivity contribution in [3.63, 3.8) is 0 Å². The number of H-pyrrole nitrogens is 1. The zero-order valence-corrected chi connectivity index (χ0v) is 11.0. The van der Waals surface area contributed by atoms with Crippen LogP contribution in [0.5, 0.6) is 0 Å². The summed E-state index contributed by atoms with van der Waals surface area (Å²) in [7, 11) is 0. The van der Waals surface area contributed by atoms with Crippen molar-refractivity contribution in [3.05, 3.63) is 47.0 Å². The van der Waals surface area contributed by atoms with Crippen LogP contribution in [-0.4, -0.2) is 16.1 Å². The molecule has 0 aliphatic rings. The number of hydrogen-bond acceptors (Lipinski definition) is 2. The molecule has 2 N–H and O–H groups in total. The Morgan fingerprint density at radius 1 is 1.26 bits per heavy atom. The molecule has 0 unspecified atom stereocenters. The van der Waals surface area contributed by atoms with Crippen molar-refractivity contribution in [2.75, 3.05) is 5.32 Å². The molecular formula is C14H16FN3O. The number of anilines is 1. The number of nitrogens with zero attached hydrogens (tertiary/aromatic N) is 1. The van der Waals surface area contributed by atoms with Gasteiger partial charge in [-0.05, 0) is 37.1 Å². The fraction of sp³-hybridized carbons (Fsp3) is 0.286. The van der Waals surface area contributed by atoms with Crippen molar-refractivity contribution in [2.45, 2.75) is 26.7 Å². The van der Waals surface area contributed by atoms with E-state index in [0.29, 0.717) is 5.56 Å². The zero-order valence-electron chi connectivity index (χ0n) is 11.0. The van der Waals surface area contributed by atoms with E-state index in [-0.39, 0.29) is 11.7 Å². The highest BCUT2D eigenvalue weighted by Crippen LogP contribution is 2.20. The van der Waals surface area contributed by atoms with Gasteiger partial charge >= 0.3 is 0 Å². The second-order valence-electron chi connectivity index (χ2n) is 4.19. The van der Waals surface area contributed by atoms with Crippen LogP contribution >= 0.6 is 0 Å². The lowest BCUT2D eigenvalue weighted by Crippen LogP contribution is -2.13. The largest absolute Gasteiger partial charge is 0.319 e. The van der Waals surface area contributed by atoms with Gasteiger partial charge in [0.2, 0.25) is 0 Å². The third kappa shape index (κ3) is 2.81. The van der Waals surface area contributed by atoms with Gasteiger partial charge in [-0.1, -0.05) is 13.8 Å². The summed E-state index contributed by atoms with van der Waals surface area (Å²) >= 11 is 0. The van der Waals surface area contributed by atoms with Gasteiger partial charge in [0.1, 0.15) is 5.82 Å². The predicted molar refractivity (Wildman–Crippen MR) is 71.7 cm³/mol. The summed E-state index contributed by atoms with van der Waals surface area (Å²) < 4.78 is 12.8.